The zero-order valence-electron chi connectivity index (χ0n) is 9.35. The Bertz CT molecular complexity index is 492. The first-order valence-corrected chi connectivity index (χ1v) is 7.74. The van der Waals surface area contributed by atoms with Gasteiger partial charge in [0.2, 0.25) is 0 Å². The Hall–Kier alpha value is -0.650. The topological polar surface area (TPSA) is 20.3 Å². The van der Waals surface area contributed by atoms with E-state index in [1.807, 2.05) is 24.6 Å². The van der Waals surface area contributed by atoms with Gasteiger partial charge in [-0.3, -0.25) is 4.79 Å². The molecule has 2 aromatic heterocycles. The molecule has 2 nitrogen and oxygen atoms in total. The predicted octanol–water partition coefficient (Wildman–Crippen LogP) is 3.89. The minimum absolute atomic E-state index is 0.0865. The van der Waals surface area contributed by atoms with E-state index in [0.29, 0.717) is 0 Å². The van der Waals surface area contributed by atoms with Crippen molar-refractivity contribution < 1.29 is 4.79 Å². The monoisotopic (exact) mass is 329 g/mol. The zero-order valence-corrected chi connectivity index (χ0v) is 12.6. The smallest absolute Gasteiger partial charge is 0.264 e. The van der Waals surface area contributed by atoms with Gasteiger partial charge in [0.1, 0.15) is 4.88 Å². The highest BCUT2D eigenvalue weighted by Crippen LogP contribution is 2.24. The highest BCUT2D eigenvalue weighted by atomic mass is 79.9. The Balaban J connectivity index is 1.94. The van der Waals surface area contributed by atoms with Gasteiger partial charge in [-0.1, -0.05) is 6.07 Å². The van der Waals surface area contributed by atoms with Crippen molar-refractivity contribution in [3.8, 4) is 0 Å². The number of amides is 1. The summed E-state index contributed by atoms with van der Waals surface area (Å²) in [7, 11) is 1.85. The first-order valence-electron chi connectivity index (χ1n) is 5.19. The molecule has 0 fully saturated rings. The number of halogens is 1. The average molecular weight is 330 g/mol. The molecule has 17 heavy (non-hydrogen) atoms. The molecule has 5 heteroatoms. The number of carbonyl (C=O) groups excluding carboxylic acids is 1. The maximum Gasteiger partial charge on any atom is 0.264 e. The molecule has 0 aliphatic carbocycles. The van der Waals surface area contributed by atoms with Crippen LogP contribution in [-0.4, -0.2) is 24.4 Å². The Morgan fingerprint density at radius 2 is 2.18 bits per heavy atom. The number of likely N-dealkylation sites (N-methyl/N-ethyl adjacent to an activating group) is 1. The third-order valence-electron chi connectivity index (χ3n) is 2.43. The molecule has 0 spiro atoms. The lowest BCUT2D eigenvalue weighted by Crippen LogP contribution is -2.28. The van der Waals surface area contributed by atoms with Crippen LogP contribution in [0, 0.1) is 0 Å². The number of rotatable bonds is 4. The van der Waals surface area contributed by atoms with Crippen LogP contribution in [0.4, 0.5) is 0 Å². The number of hydrogen-bond acceptors (Lipinski definition) is 3. The van der Waals surface area contributed by atoms with Crippen LogP contribution in [0.2, 0.25) is 0 Å². The fraction of sp³-hybridized carbons (Fsp3) is 0.250. The Morgan fingerprint density at radius 1 is 1.35 bits per heavy atom. The van der Waals surface area contributed by atoms with Crippen molar-refractivity contribution in [2.45, 2.75) is 6.42 Å². The van der Waals surface area contributed by atoms with Crippen molar-refractivity contribution >= 4 is 44.5 Å². The molecule has 0 atom stereocenters. The van der Waals surface area contributed by atoms with Crippen LogP contribution in [0.3, 0.4) is 0 Å². The lowest BCUT2D eigenvalue weighted by molar-refractivity contribution is 0.0801. The molecule has 2 rings (SSSR count). The molecule has 0 unspecified atom stereocenters. The number of thiophene rings is 2. The highest BCUT2D eigenvalue weighted by Gasteiger charge is 2.15. The molecule has 0 aromatic carbocycles. The zero-order chi connectivity index (χ0) is 12.3. The molecule has 0 radical (unpaired) electrons. The van der Waals surface area contributed by atoms with Crippen molar-refractivity contribution in [2.24, 2.45) is 0 Å². The Labute approximate surface area is 117 Å². The molecule has 1 amide bonds. The van der Waals surface area contributed by atoms with E-state index >= 15 is 0 Å². The van der Waals surface area contributed by atoms with Crippen molar-refractivity contribution in [2.75, 3.05) is 13.6 Å². The summed E-state index contributed by atoms with van der Waals surface area (Å²) in [4.78, 5) is 16.0. The van der Waals surface area contributed by atoms with E-state index in [1.54, 1.807) is 16.2 Å². The standard InChI is InChI=1S/C12H12BrNOS2/c1-14(6-4-9-3-2-7-16-9)12(15)11-10(13)5-8-17-11/h2-3,5,7-8H,4,6H2,1H3. The summed E-state index contributed by atoms with van der Waals surface area (Å²) in [6.45, 7) is 0.754. The van der Waals surface area contributed by atoms with Crippen molar-refractivity contribution in [1.82, 2.24) is 4.90 Å². The van der Waals surface area contributed by atoms with Gasteiger partial charge in [-0.2, -0.15) is 0 Å². The van der Waals surface area contributed by atoms with Crippen LogP contribution < -0.4 is 0 Å². The lowest BCUT2D eigenvalue weighted by Gasteiger charge is -2.15. The summed E-state index contributed by atoms with van der Waals surface area (Å²) in [5, 5.41) is 3.98. The third kappa shape index (κ3) is 3.18. The SMILES string of the molecule is CN(CCc1cccs1)C(=O)c1sccc1Br. The summed E-state index contributed by atoms with van der Waals surface area (Å²) in [6.07, 6.45) is 0.920. The lowest BCUT2D eigenvalue weighted by atomic mass is 10.3. The van der Waals surface area contributed by atoms with Crippen LogP contribution in [0.15, 0.2) is 33.4 Å². The van der Waals surface area contributed by atoms with Gasteiger partial charge in [-0.15, -0.1) is 22.7 Å². The quantitative estimate of drug-likeness (QED) is 0.833. The molecule has 0 N–H and O–H groups in total. The summed E-state index contributed by atoms with van der Waals surface area (Å²) in [5.74, 6) is 0.0865. The van der Waals surface area contributed by atoms with E-state index < -0.39 is 0 Å². The second kappa shape index (κ2) is 5.80. The van der Waals surface area contributed by atoms with Crippen molar-refractivity contribution in [3.05, 3.63) is 43.2 Å². The van der Waals surface area contributed by atoms with Gasteiger partial charge in [0.15, 0.2) is 0 Å². The minimum atomic E-state index is 0.0865. The van der Waals surface area contributed by atoms with E-state index in [-0.39, 0.29) is 5.91 Å². The predicted molar refractivity (Wildman–Crippen MR) is 77.0 cm³/mol. The van der Waals surface area contributed by atoms with E-state index in [9.17, 15) is 4.79 Å². The maximum absolute atomic E-state index is 12.1. The molecule has 0 aliphatic heterocycles. The van der Waals surface area contributed by atoms with Gasteiger partial charge < -0.3 is 4.90 Å². The number of nitrogens with zero attached hydrogens (tertiary/aromatic N) is 1. The molecule has 0 bridgehead atoms. The van der Waals surface area contributed by atoms with Gasteiger partial charge in [0.05, 0.1) is 0 Å². The second-order valence-electron chi connectivity index (χ2n) is 3.65. The Morgan fingerprint density at radius 3 is 2.76 bits per heavy atom. The van der Waals surface area contributed by atoms with Crippen LogP contribution >= 0.6 is 38.6 Å². The molecule has 0 saturated heterocycles. The van der Waals surface area contributed by atoms with Crippen molar-refractivity contribution in [1.29, 1.82) is 0 Å². The second-order valence-corrected chi connectivity index (χ2v) is 6.46. The van der Waals surface area contributed by atoms with E-state index in [1.165, 1.54) is 16.2 Å². The number of carbonyl (C=O) groups is 1. The molecular formula is C12H12BrNOS2. The van der Waals surface area contributed by atoms with E-state index in [4.69, 9.17) is 0 Å². The largest absolute Gasteiger partial charge is 0.341 e. The third-order valence-corrected chi connectivity index (χ3v) is 5.19. The fourth-order valence-electron chi connectivity index (χ4n) is 1.45. The van der Waals surface area contributed by atoms with Crippen molar-refractivity contribution in [3.63, 3.8) is 0 Å². The molecular weight excluding hydrogens is 318 g/mol. The fourth-order valence-corrected chi connectivity index (χ4v) is 3.69. The highest BCUT2D eigenvalue weighted by molar-refractivity contribution is 9.10. The van der Waals surface area contributed by atoms with Crippen LogP contribution in [0.5, 0.6) is 0 Å². The summed E-state index contributed by atoms with van der Waals surface area (Å²) in [6, 6.07) is 6.05. The first kappa shape index (κ1) is 12.8. The molecule has 2 heterocycles. The molecule has 90 valence electrons. The number of hydrogen-bond donors (Lipinski definition) is 0. The van der Waals surface area contributed by atoms with Gasteiger partial charge in [0.25, 0.3) is 5.91 Å². The summed E-state index contributed by atoms with van der Waals surface area (Å²) >= 11 is 6.60. The molecule has 0 saturated carbocycles. The van der Waals surface area contributed by atoms with Crippen LogP contribution in [0.25, 0.3) is 0 Å². The summed E-state index contributed by atoms with van der Waals surface area (Å²) in [5.41, 5.74) is 0. The summed E-state index contributed by atoms with van der Waals surface area (Å²) < 4.78 is 0.885. The average Bonchev–Trinajstić information content (AvgIpc) is 2.95. The molecule has 2 aromatic rings. The van der Waals surface area contributed by atoms with Crippen LogP contribution in [0.1, 0.15) is 14.5 Å². The Kier molecular flexibility index (Phi) is 4.36. The van der Waals surface area contributed by atoms with Gasteiger partial charge in [-0.05, 0) is 45.2 Å². The maximum atomic E-state index is 12.1. The minimum Gasteiger partial charge on any atom is -0.341 e. The first-order chi connectivity index (χ1) is 8.18. The molecule has 0 aliphatic rings. The van der Waals surface area contributed by atoms with Crippen LogP contribution in [-0.2, 0) is 6.42 Å². The van der Waals surface area contributed by atoms with E-state index in [0.717, 1.165) is 22.3 Å². The normalized spacial score (nSPS) is 10.5. The van der Waals surface area contributed by atoms with Gasteiger partial charge in [0, 0.05) is 22.9 Å². The van der Waals surface area contributed by atoms with Gasteiger partial charge in [-0.25, -0.2) is 0 Å². The van der Waals surface area contributed by atoms with Gasteiger partial charge >= 0.3 is 0 Å². The van der Waals surface area contributed by atoms with E-state index in [2.05, 4.69) is 27.4 Å².